The molecule has 0 aliphatic rings. The van der Waals surface area contributed by atoms with Gasteiger partial charge in [0.25, 0.3) is 5.91 Å². The predicted octanol–water partition coefficient (Wildman–Crippen LogP) is 4.27. The third-order valence-corrected chi connectivity index (χ3v) is 4.48. The molecule has 0 fully saturated rings. The highest BCUT2D eigenvalue weighted by Crippen LogP contribution is 2.27. The molecule has 120 valence electrons. The molecule has 2 heterocycles. The Labute approximate surface area is 140 Å². The van der Waals surface area contributed by atoms with Crippen LogP contribution in [0, 0.1) is 0 Å². The number of ether oxygens (including phenoxy) is 1. The normalized spacial score (nSPS) is 10.9. The van der Waals surface area contributed by atoms with Gasteiger partial charge in [-0.1, -0.05) is 11.6 Å². The molecule has 8 heteroatoms. The first kappa shape index (κ1) is 15.8. The van der Waals surface area contributed by atoms with Crippen LogP contribution < -0.4 is 10.1 Å². The summed E-state index contributed by atoms with van der Waals surface area (Å²) in [4.78, 5) is 12.7. The molecule has 5 nitrogen and oxygen atoms in total. The minimum Gasteiger partial charge on any atom is -0.493 e. The Balaban J connectivity index is 1.82. The zero-order chi connectivity index (χ0) is 16.2. The highest BCUT2D eigenvalue weighted by atomic mass is 35.5. The number of amides is 1. The summed E-state index contributed by atoms with van der Waals surface area (Å²) in [6.07, 6.45) is 0.337. The van der Waals surface area contributed by atoms with Gasteiger partial charge in [-0.2, -0.15) is 5.10 Å². The Morgan fingerprint density at radius 2 is 2.30 bits per heavy atom. The van der Waals surface area contributed by atoms with Crippen molar-refractivity contribution in [2.75, 3.05) is 18.6 Å². The number of nitrogens with one attached hydrogen (secondary N) is 2. The van der Waals surface area contributed by atoms with Crippen LogP contribution in [0.15, 0.2) is 29.6 Å². The number of hydrogen-bond acceptors (Lipinski definition) is 4. The van der Waals surface area contributed by atoms with E-state index in [0.717, 1.165) is 5.52 Å². The summed E-state index contributed by atoms with van der Waals surface area (Å²) in [6, 6.07) is 6.98. The third-order valence-electron chi connectivity index (χ3n) is 3.14. The van der Waals surface area contributed by atoms with E-state index < -0.39 is 6.67 Å². The van der Waals surface area contributed by atoms with Crippen molar-refractivity contribution >= 4 is 45.6 Å². The Hall–Kier alpha value is -2.12. The molecular formula is C15H13ClFN3O2S. The monoisotopic (exact) mass is 353 g/mol. The van der Waals surface area contributed by atoms with E-state index in [1.54, 1.807) is 29.6 Å². The summed E-state index contributed by atoms with van der Waals surface area (Å²) in [5.74, 6) is 0.671. The van der Waals surface area contributed by atoms with E-state index in [1.807, 2.05) is 0 Å². The molecule has 0 bridgehead atoms. The lowest BCUT2D eigenvalue weighted by molar-refractivity contribution is 0.103. The fraction of sp³-hybridized carbons (Fsp3) is 0.200. The molecule has 2 N–H and O–H groups in total. The van der Waals surface area contributed by atoms with Gasteiger partial charge in [0.1, 0.15) is 10.6 Å². The van der Waals surface area contributed by atoms with Crippen molar-refractivity contribution in [3.05, 3.63) is 39.5 Å². The van der Waals surface area contributed by atoms with Gasteiger partial charge in [0.2, 0.25) is 0 Å². The highest BCUT2D eigenvalue weighted by molar-refractivity contribution is 7.12. The molecule has 0 atom stereocenters. The van der Waals surface area contributed by atoms with Gasteiger partial charge >= 0.3 is 0 Å². The number of rotatable bonds is 6. The van der Waals surface area contributed by atoms with Crippen molar-refractivity contribution < 1.29 is 13.9 Å². The van der Waals surface area contributed by atoms with Gasteiger partial charge in [-0.3, -0.25) is 14.3 Å². The Bertz CT molecular complexity index is 833. The molecular weight excluding hydrogens is 341 g/mol. The van der Waals surface area contributed by atoms with Gasteiger partial charge in [0.15, 0.2) is 5.82 Å². The fourth-order valence-corrected chi connectivity index (χ4v) is 3.08. The summed E-state index contributed by atoms with van der Waals surface area (Å²) in [6.45, 7) is -0.122. The molecule has 23 heavy (non-hydrogen) atoms. The Morgan fingerprint density at radius 3 is 3.04 bits per heavy atom. The van der Waals surface area contributed by atoms with Crippen molar-refractivity contribution in [3.63, 3.8) is 0 Å². The summed E-state index contributed by atoms with van der Waals surface area (Å²) >= 11 is 7.22. The second-order valence-electron chi connectivity index (χ2n) is 4.72. The van der Waals surface area contributed by atoms with E-state index in [9.17, 15) is 9.18 Å². The quantitative estimate of drug-likeness (QED) is 0.650. The smallest absolute Gasteiger partial charge is 0.268 e. The molecule has 3 rings (SSSR count). The molecule has 0 saturated carbocycles. The Morgan fingerprint density at radius 1 is 1.43 bits per heavy atom. The number of aromatic amines is 1. The third kappa shape index (κ3) is 3.46. The summed E-state index contributed by atoms with van der Waals surface area (Å²) in [5.41, 5.74) is 0.760. The van der Waals surface area contributed by atoms with Gasteiger partial charge in [-0.05, 0) is 29.6 Å². The van der Waals surface area contributed by atoms with E-state index in [1.165, 1.54) is 11.3 Å². The Kier molecular flexibility index (Phi) is 4.78. The van der Waals surface area contributed by atoms with Crippen molar-refractivity contribution in [1.29, 1.82) is 0 Å². The summed E-state index contributed by atoms with van der Waals surface area (Å²) < 4.78 is 17.6. The van der Waals surface area contributed by atoms with Gasteiger partial charge in [-0.15, -0.1) is 11.3 Å². The highest BCUT2D eigenvalue weighted by Gasteiger charge is 2.15. The molecule has 1 aromatic carbocycles. The second kappa shape index (κ2) is 6.97. The molecule has 2 aromatic heterocycles. The van der Waals surface area contributed by atoms with E-state index in [2.05, 4.69) is 15.5 Å². The van der Waals surface area contributed by atoms with Crippen LogP contribution in [0.1, 0.15) is 16.1 Å². The largest absolute Gasteiger partial charge is 0.493 e. The molecule has 0 aliphatic heterocycles. The van der Waals surface area contributed by atoms with Crippen LogP contribution in [-0.4, -0.2) is 29.4 Å². The number of carbonyl (C=O) groups is 1. The van der Waals surface area contributed by atoms with Gasteiger partial charge in [0.05, 0.1) is 23.8 Å². The van der Waals surface area contributed by atoms with Crippen LogP contribution in [0.3, 0.4) is 0 Å². The number of carbonyl (C=O) groups excluding carboxylic acids is 1. The van der Waals surface area contributed by atoms with E-state index in [4.69, 9.17) is 16.3 Å². The van der Waals surface area contributed by atoms with Crippen LogP contribution in [0.2, 0.25) is 5.02 Å². The number of hydrogen-bond donors (Lipinski definition) is 2. The zero-order valence-electron chi connectivity index (χ0n) is 11.9. The lowest BCUT2D eigenvalue weighted by Gasteiger charge is -2.05. The fourth-order valence-electron chi connectivity index (χ4n) is 2.04. The first-order valence-electron chi connectivity index (χ1n) is 6.90. The van der Waals surface area contributed by atoms with Crippen molar-refractivity contribution in [2.45, 2.75) is 6.42 Å². The van der Waals surface area contributed by atoms with Gasteiger partial charge in [0, 0.05) is 11.8 Å². The molecule has 0 unspecified atom stereocenters. The number of fused-ring (bicyclic) bond motifs is 1. The number of aromatic nitrogens is 2. The van der Waals surface area contributed by atoms with Crippen LogP contribution in [0.4, 0.5) is 10.2 Å². The standard InChI is InChI=1S/C15H13ClFN3O2S/c16-11-4-7-23-13(11)15(21)18-14-10-8-9(22-6-1-5-17)2-3-12(10)19-20-14/h2-4,7-8H,1,5-6H2,(H2,18,19,20,21). The van der Waals surface area contributed by atoms with Crippen molar-refractivity contribution in [3.8, 4) is 5.75 Å². The number of anilines is 1. The van der Waals surface area contributed by atoms with E-state index >= 15 is 0 Å². The number of benzene rings is 1. The lowest BCUT2D eigenvalue weighted by atomic mass is 10.2. The topological polar surface area (TPSA) is 67.0 Å². The van der Waals surface area contributed by atoms with Crippen molar-refractivity contribution in [1.82, 2.24) is 10.2 Å². The molecule has 3 aromatic rings. The minimum absolute atomic E-state index is 0.298. The van der Waals surface area contributed by atoms with Crippen LogP contribution in [0.25, 0.3) is 10.9 Å². The van der Waals surface area contributed by atoms with Gasteiger partial charge in [-0.25, -0.2) is 0 Å². The van der Waals surface area contributed by atoms with Crippen molar-refractivity contribution in [2.24, 2.45) is 0 Å². The van der Waals surface area contributed by atoms with Crippen LogP contribution >= 0.6 is 22.9 Å². The number of nitrogens with zero attached hydrogens (tertiary/aromatic N) is 1. The maximum Gasteiger partial charge on any atom is 0.268 e. The molecule has 1 amide bonds. The first-order valence-corrected chi connectivity index (χ1v) is 8.16. The maximum absolute atomic E-state index is 12.2. The number of H-pyrrole nitrogens is 1. The summed E-state index contributed by atoms with van der Waals surface area (Å²) in [7, 11) is 0. The molecule has 0 radical (unpaired) electrons. The van der Waals surface area contributed by atoms with E-state index in [0.29, 0.717) is 39.9 Å². The minimum atomic E-state index is -0.420. The average molecular weight is 354 g/mol. The summed E-state index contributed by atoms with van der Waals surface area (Å²) in [5, 5.41) is 12.5. The number of thiophene rings is 1. The molecule has 0 spiro atoms. The van der Waals surface area contributed by atoms with Crippen LogP contribution in [0.5, 0.6) is 5.75 Å². The SMILES string of the molecule is O=C(Nc1n[nH]c2ccc(OCCCF)cc12)c1sccc1Cl. The maximum atomic E-state index is 12.2. The predicted molar refractivity (Wildman–Crippen MR) is 89.5 cm³/mol. The van der Waals surface area contributed by atoms with Crippen LogP contribution in [-0.2, 0) is 0 Å². The molecule has 0 aliphatic carbocycles. The average Bonchev–Trinajstić information content (AvgIpc) is 3.14. The number of alkyl halides is 1. The number of halogens is 2. The molecule has 0 saturated heterocycles. The first-order chi connectivity index (χ1) is 11.2. The zero-order valence-corrected chi connectivity index (χ0v) is 13.5. The van der Waals surface area contributed by atoms with E-state index in [-0.39, 0.29) is 5.91 Å². The lowest BCUT2D eigenvalue weighted by Crippen LogP contribution is -2.11. The second-order valence-corrected chi connectivity index (χ2v) is 6.05. The van der Waals surface area contributed by atoms with Gasteiger partial charge < -0.3 is 10.1 Å².